The molecule has 0 bridgehead atoms. The lowest BCUT2D eigenvalue weighted by Crippen LogP contribution is -2.12. The minimum absolute atomic E-state index is 0.166. The number of rotatable bonds is 4. The van der Waals surface area contributed by atoms with Gasteiger partial charge < -0.3 is 0 Å². The molecular weight excluding hydrogens is 301 g/mol. The van der Waals surface area contributed by atoms with Gasteiger partial charge in [-0.25, -0.2) is 9.07 Å². The van der Waals surface area contributed by atoms with Crippen molar-refractivity contribution in [1.82, 2.24) is 15.0 Å². The van der Waals surface area contributed by atoms with Crippen molar-refractivity contribution in [3.05, 3.63) is 45.9 Å². The quantitative estimate of drug-likeness (QED) is 0.816. The van der Waals surface area contributed by atoms with Crippen LogP contribution < -0.4 is 0 Å². The van der Waals surface area contributed by atoms with Crippen LogP contribution in [0, 0.1) is 5.82 Å². The van der Waals surface area contributed by atoms with Gasteiger partial charge in [-0.05, 0) is 34.5 Å². The molecule has 1 heterocycles. The van der Waals surface area contributed by atoms with Gasteiger partial charge in [0.15, 0.2) is 0 Å². The van der Waals surface area contributed by atoms with Crippen molar-refractivity contribution in [2.75, 3.05) is 0 Å². The molecular formula is C12H11BrFN3O. The molecule has 0 fully saturated rings. The van der Waals surface area contributed by atoms with E-state index in [2.05, 4.69) is 26.2 Å². The van der Waals surface area contributed by atoms with E-state index in [0.717, 1.165) is 6.42 Å². The topological polar surface area (TPSA) is 47.8 Å². The standard InChI is InChI=1S/C12H11BrFN3O/c1-2-6-17-10(7-15-16-17)12(18)8-4-3-5-9(14)11(8)13/h3-5,7H,2,6H2,1H3. The van der Waals surface area contributed by atoms with Gasteiger partial charge in [0.2, 0.25) is 5.78 Å². The van der Waals surface area contributed by atoms with Crippen molar-refractivity contribution in [3.63, 3.8) is 0 Å². The summed E-state index contributed by atoms with van der Waals surface area (Å²) in [6, 6.07) is 4.36. The number of aromatic nitrogens is 3. The Morgan fingerprint density at radius 1 is 1.50 bits per heavy atom. The molecule has 1 aromatic heterocycles. The third kappa shape index (κ3) is 2.33. The number of hydrogen-bond acceptors (Lipinski definition) is 3. The Bertz CT molecular complexity index is 582. The maximum absolute atomic E-state index is 13.4. The van der Waals surface area contributed by atoms with Gasteiger partial charge in [-0.3, -0.25) is 4.79 Å². The van der Waals surface area contributed by atoms with E-state index in [9.17, 15) is 9.18 Å². The number of aryl methyl sites for hydroxylation is 1. The van der Waals surface area contributed by atoms with Crippen LogP contribution in [0.15, 0.2) is 28.9 Å². The van der Waals surface area contributed by atoms with Gasteiger partial charge in [0, 0.05) is 12.1 Å². The van der Waals surface area contributed by atoms with E-state index in [4.69, 9.17) is 0 Å². The van der Waals surface area contributed by atoms with Crippen molar-refractivity contribution in [1.29, 1.82) is 0 Å². The molecule has 0 amide bonds. The number of nitrogens with zero attached hydrogens (tertiary/aromatic N) is 3. The number of ketones is 1. The highest BCUT2D eigenvalue weighted by Crippen LogP contribution is 2.22. The van der Waals surface area contributed by atoms with E-state index in [1.165, 1.54) is 23.0 Å². The largest absolute Gasteiger partial charge is 0.287 e. The second kappa shape index (κ2) is 5.39. The molecule has 0 saturated carbocycles. The van der Waals surface area contributed by atoms with E-state index in [-0.39, 0.29) is 15.8 Å². The summed E-state index contributed by atoms with van der Waals surface area (Å²) in [5, 5.41) is 7.56. The number of carbonyl (C=O) groups is 1. The lowest BCUT2D eigenvalue weighted by atomic mass is 10.1. The van der Waals surface area contributed by atoms with E-state index in [1.807, 2.05) is 6.92 Å². The third-order valence-electron chi connectivity index (χ3n) is 2.48. The van der Waals surface area contributed by atoms with Crippen LogP contribution in [-0.2, 0) is 6.54 Å². The molecule has 0 N–H and O–H groups in total. The summed E-state index contributed by atoms with van der Waals surface area (Å²) in [7, 11) is 0. The number of carbonyl (C=O) groups excluding carboxylic acids is 1. The SMILES string of the molecule is CCCn1nncc1C(=O)c1cccc(F)c1Br. The third-order valence-corrected chi connectivity index (χ3v) is 3.29. The van der Waals surface area contributed by atoms with E-state index in [0.29, 0.717) is 12.2 Å². The van der Waals surface area contributed by atoms with Crippen LogP contribution in [-0.4, -0.2) is 20.8 Å². The van der Waals surface area contributed by atoms with Crippen LogP contribution >= 0.6 is 15.9 Å². The fraction of sp³-hybridized carbons (Fsp3) is 0.250. The average molecular weight is 312 g/mol. The molecule has 1 aromatic carbocycles. The minimum Gasteiger partial charge on any atom is -0.287 e. The van der Waals surface area contributed by atoms with Crippen LogP contribution in [0.25, 0.3) is 0 Å². The normalized spacial score (nSPS) is 10.6. The van der Waals surface area contributed by atoms with Crippen molar-refractivity contribution in [2.45, 2.75) is 19.9 Å². The zero-order chi connectivity index (χ0) is 13.1. The van der Waals surface area contributed by atoms with Crippen LogP contribution in [0.2, 0.25) is 0 Å². The van der Waals surface area contributed by atoms with Gasteiger partial charge in [0.05, 0.1) is 10.7 Å². The Morgan fingerprint density at radius 3 is 3.00 bits per heavy atom. The average Bonchev–Trinajstić information content (AvgIpc) is 2.80. The molecule has 0 aliphatic heterocycles. The molecule has 4 nitrogen and oxygen atoms in total. The van der Waals surface area contributed by atoms with Crippen molar-refractivity contribution in [3.8, 4) is 0 Å². The molecule has 0 aliphatic rings. The second-order valence-corrected chi connectivity index (χ2v) is 4.57. The monoisotopic (exact) mass is 311 g/mol. The van der Waals surface area contributed by atoms with Gasteiger partial charge in [0.1, 0.15) is 11.5 Å². The minimum atomic E-state index is -0.463. The van der Waals surface area contributed by atoms with Crippen LogP contribution in [0.1, 0.15) is 29.4 Å². The molecule has 18 heavy (non-hydrogen) atoms. The summed E-state index contributed by atoms with van der Waals surface area (Å²) < 4.78 is 15.1. The summed E-state index contributed by atoms with van der Waals surface area (Å²) >= 11 is 3.08. The molecule has 0 unspecified atom stereocenters. The number of hydrogen-bond donors (Lipinski definition) is 0. The lowest BCUT2D eigenvalue weighted by molar-refractivity contribution is 0.102. The van der Waals surface area contributed by atoms with E-state index < -0.39 is 5.82 Å². The van der Waals surface area contributed by atoms with Gasteiger partial charge >= 0.3 is 0 Å². The molecule has 0 saturated heterocycles. The molecule has 0 radical (unpaired) electrons. The predicted molar refractivity (Wildman–Crippen MR) is 67.8 cm³/mol. The fourth-order valence-electron chi connectivity index (χ4n) is 1.63. The van der Waals surface area contributed by atoms with Crippen LogP contribution in [0.5, 0.6) is 0 Å². The van der Waals surface area contributed by atoms with Gasteiger partial charge in [-0.2, -0.15) is 0 Å². The maximum Gasteiger partial charge on any atom is 0.213 e. The van der Waals surface area contributed by atoms with Gasteiger partial charge in [-0.15, -0.1) is 5.10 Å². The van der Waals surface area contributed by atoms with Crippen molar-refractivity contribution >= 4 is 21.7 Å². The first-order valence-corrected chi connectivity index (χ1v) is 6.31. The van der Waals surface area contributed by atoms with E-state index >= 15 is 0 Å². The van der Waals surface area contributed by atoms with Crippen molar-refractivity contribution in [2.24, 2.45) is 0 Å². The number of benzene rings is 1. The second-order valence-electron chi connectivity index (χ2n) is 3.77. The van der Waals surface area contributed by atoms with E-state index in [1.54, 1.807) is 6.07 Å². The molecule has 94 valence electrons. The molecule has 0 aliphatic carbocycles. The fourth-order valence-corrected chi connectivity index (χ4v) is 2.07. The zero-order valence-electron chi connectivity index (χ0n) is 9.73. The number of halogens is 2. The Hall–Kier alpha value is -1.56. The summed E-state index contributed by atoms with van der Waals surface area (Å²) in [6.07, 6.45) is 2.24. The first-order valence-electron chi connectivity index (χ1n) is 5.52. The van der Waals surface area contributed by atoms with Crippen molar-refractivity contribution < 1.29 is 9.18 Å². The Labute approximate surface area is 112 Å². The molecule has 6 heteroatoms. The lowest BCUT2D eigenvalue weighted by Gasteiger charge is -2.06. The first kappa shape index (κ1) is 12.9. The molecule has 0 spiro atoms. The highest BCUT2D eigenvalue weighted by atomic mass is 79.9. The van der Waals surface area contributed by atoms with Gasteiger partial charge in [-0.1, -0.05) is 18.2 Å². The van der Waals surface area contributed by atoms with Crippen LogP contribution in [0.4, 0.5) is 4.39 Å². The smallest absolute Gasteiger partial charge is 0.213 e. The highest BCUT2D eigenvalue weighted by Gasteiger charge is 2.19. The summed E-state index contributed by atoms with van der Waals surface area (Å²) in [4.78, 5) is 12.3. The Kier molecular flexibility index (Phi) is 3.86. The first-order chi connectivity index (χ1) is 8.65. The van der Waals surface area contributed by atoms with Gasteiger partial charge in [0.25, 0.3) is 0 Å². The summed E-state index contributed by atoms with van der Waals surface area (Å²) in [5.74, 6) is -0.754. The van der Waals surface area contributed by atoms with Crippen LogP contribution in [0.3, 0.4) is 0 Å². The molecule has 0 atom stereocenters. The molecule has 2 rings (SSSR count). The predicted octanol–water partition coefficient (Wildman–Crippen LogP) is 2.82. The summed E-state index contributed by atoms with van der Waals surface area (Å²) in [5.41, 5.74) is 0.637. The summed E-state index contributed by atoms with van der Waals surface area (Å²) in [6.45, 7) is 2.59. The Morgan fingerprint density at radius 2 is 2.28 bits per heavy atom. The molecule has 2 aromatic rings. The highest BCUT2D eigenvalue weighted by molar-refractivity contribution is 9.10. The Balaban J connectivity index is 2.42. The zero-order valence-corrected chi connectivity index (χ0v) is 11.3. The maximum atomic E-state index is 13.4.